The molecule has 0 fully saturated rings. The van der Waals surface area contributed by atoms with Crippen molar-refractivity contribution in [3.63, 3.8) is 0 Å². The van der Waals surface area contributed by atoms with E-state index in [9.17, 15) is 18.4 Å². The van der Waals surface area contributed by atoms with Crippen molar-refractivity contribution in [2.24, 2.45) is 0 Å². The van der Waals surface area contributed by atoms with E-state index < -0.39 is 23.4 Å². The molecule has 4 rings (SSSR count). The van der Waals surface area contributed by atoms with Crippen LogP contribution in [0.2, 0.25) is 0 Å². The summed E-state index contributed by atoms with van der Waals surface area (Å²) in [7, 11) is 0. The minimum atomic E-state index is -0.566. The molecule has 0 saturated carbocycles. The van der Waals surface area contributed by atoms with Gasteiger partial charge in [0.05, 0.1) is 11.3 Å². The van der Waals surface area contributed by atoms with E-state index in [1.165, 1.54) is 42.5 Å². The molecule has 0 radical (unpaired) electrons. The van der Waals surface area contributed by atoms with Crippen LogP contribution in [0.15, 0.2) is 78.5 Å². The summed E-state index contributed by atoms with van der Waals surface area (Å²) in [6, 6.07) is 17.9. The smallest absolute Gasteiger partial charge is 0.282 e. The maximum atomic E-state index is 13.6. The van der Waals surface area contributed by atoms with Gasteiger partial charge in [-0.3, -0.25) is 9.59 Å². The lowest BCUT2D eigenvalue weighted by Gasteiger charge is -2.16. The molecule has 0 spiro atoms. The molecule has 1 aliphatic heterocycles. The van der Waals surface area contributed by atoms with E-state index in [-0.39, 0.29) is 11.3 Å². The summed E-state index contributed by atoms with van der Waals surface area (Å²) in [4.78, 5) is 27.5. The Morgan fingerprint density at radius 3 is 2.21 bits per heavy atom. The van der Waals surface area contributed by atoms with Gasteiger partial charge < -0.3 is 5.32 Å². The van der Waals surface area contributed by atoms with E-state index in [1.807, 2.05) is 13.0 Å². The highest BCUT2D eigenvalue weighted by molar-refractivity contribution is 6.46. The molecule has 3 aromatic carbocycles. The summed E-state index contributed by atoms with van der Waals surface area (Å²) in [6.45, 7) is 1.86. The van der Waals surface area contributed by atoms with Gasteiger partial charge in [-0.1, -0.05) is 30.3 Å². The molecule has 4 nitrogen and oxygen atoms in total. The van der Waals surface area contributed by atoms with E-state index in [2.05, 4.69) is 5.32 Å². The monoisotopic (exact) mass is 390 g/mol. The zero-order chi connectivity index (χ0) is 20.5. The number of benzene rings is 3. The van der Waals surface area contributed by atoms with Crippen LogP contribution >= 0.6 is 0 Å². The number of aryl methyl sites for hydroxylation is 1. The molecule has 1 aliphatic rings. The predicted molar refractivity (Wildman–Crippen MR) is 107 cm³/mol. The molecule has 0 aromatic heterocycles. The highest BCUT2D eigenvalue weighted by atomic mass is 19.1. The van der Waals surface area contributed by atoms with Crippen LogP contribution in [0.3, 0.4) is 0 Å². The number of rotatable bonds is 4. The van der Waals surface area contributed by atoms with Gasteiger partial charge in [-0.15, -0.1) is 0 Å². The van der Waals surface area contributed by atoms with Gasteiger partial charge in [-0.25, -0.2) is 13.7 Å². The molecular formula is C23H16F2N2O2. The maximum Gasteiger partial charge on any atom is 0.282 e. The van der Waals surface area contributed by atoms with Crippen LogP contribution in [-0.2, 0) is 9.59 Å². The van der Waals surface area contributed by atoms with Gasteiger partial charge >= 0.3 is 0 Å². The summed E-state index contributed by atoms with van der Waals surface area (Å²) in [6.07, 6.45) is 0. The average Bonchev–Trinajstić information content (AvgIpc) is 2.92. The van der Waals surface area contributed by atoms with Crippen molar-refractivity contribution in [2.45, 2.75) is 6.92 Å². The van der Waals surface area contributed by atoms with Crippen LogP contribution in [0.5, 0.6) is 0 Å². The normalized spacial score (nSPS) is 14.0. The largest absolute Gasteiger partial charge is 0.350 e. The number of hydrogen-bond donors (Lipinski definition) is 1. The Bertz CT molecular complexity index is 1150. The summed E-state index contributed by atoms with van der Waals surface area (Å²) in [5, 5.41) is 2.87. The molecule has 1 heterocycles. The van der Waals surface area contributed by atoms with E-state index in [4.69, 9.17) is 0 Å². The molecule has 2 amide bonds. The van der Waals surface area contributed by atoms with Crippen molar-refractivity contribution < 1.29 is 18.4 Å². The molecule has 0 saturated heterocycles. The standard InChI is InChI=1S/C23H16F2N2O2/c1-14-4-2-7-19(12-14)27-22(28)20(15-8-10-16(24)11-9-15)21(23(27)29)26-18-6-3-5-17(25)13-18/h2-13,26H,1H3. The molecule has 0 aliphatic carbocycles. The Kier molecular flexibility index (Phi) is 4.68. The summed E-state index contributed by atoms with van der Waals surface area (Å²) < 4.78 is 27.0. The molecule has 144 valence electrons. The number of amides is 2. The summed E-state index contributed by atoms with van der Waals surface area (Å²) in [5.74, 6) is -2.04. The lowest BCUT2D eigenvalue weighted by molar-refractivity contribution is -0.120. The Labute approximate surface area is 166 Å². The first-order valence-corrected chi connectivity index (χ1v) is 8.92. The van der Waals surface area contributed by atoms with Crippen LogP contribution in [-0.4, -0.2) is 11.8 Å². The fraction of sp³-hybridized carbons (Fsp3) is 0.0435. The number of carbonyl (C=O) groups excluding carboxylic acids is 2. The Hall–Kier alpha value is -3.80. The van der Waals surface area contributed by atoms with Gasteiger partial charge in [0.2, 0.25) is 0 Å². The van der Waals surface area contributed by atoms with E-state index in [0.717, 1.165) is 10.5 Å². The van der Waals surface area contributed by atoms with Gasteiger partial charge in [0, 0.05) is 5.69 Å². The van der Waals surface area contributed by atoms with Crippen LogP contribution in [0.1, 0.15) is 11.1 Å². The molecule has 0 bridgehead atoms. The molecule has 1 N–H and O–H groups in total. The van der Waals surface area contributed by atoms with Gasteiger partial charge in [-0.05, 0) is 60.5 Å². The number of hydrogen-bond acceptors (Lipinski definition) is 3. The number of carbonyl (C=O) groups is 2. The number of anilines is 2. The quantitative estimate of drug-likeness (QED) is 0.659. The predicted octanol–water partition coefficient (Wildman–Crippen LogP) is 4.67. The number of nitrogens with zero attached hydrogens (tertiary/aromatic N) is 1. The fourth-order valence-corrected chi connectivity index (χ4v) is 3.24. The fourth-order valence-electron chi connectivity index (χ4n) is 3.24. The second-order valence-corrected chi connectivity index (χ2v) is 6.68. The molecule has 6 heteroatoms. The first kappa shape index (κ1) is 18.6. The molecular weight excluding hydrogens is 374 g/mol. The van der Waals surface area contributed by atoms with Gasteiger partial charge in [0.25, 0.3) is 11.8 Å². The lowest BCUT2D eigenvalue weighted by Crippen LogP contribution is -2.32. The van der Waals surface area contributed by atoms with Gasteiger partial charge in [0.1, 0.15) is 17.3 Å². The van der Waals surface area contributed by atoms with Crippen LogP contribution in [0.25, 0.3) is 5.57 Å². The third-order valence-electron chi connectivity index (χ3n) is 4.57. The highest BCUT2D eigenvalue weighted by Crippen LogP contribution is 2.34. The van der Waals surface area contributed by atoms with E-state index in [0.29, 0.717) is 16.9 Å². The second-order valence-electron chi connectivity index (χ2n) is 6.68. The maximum absolute atomic E-state index is 13.6. The molecule has 0 atom stereocenters. The number of imide groups is 1. The third kappa shape index (κ3) is 3.52. The SMILES string of the molecule is Cc1cccc(N2C(=O)C(Nc3cccc(F)c3)=C(c3ccc(F)cc3)C2=O)c1. The zero-order valence-electron chi connectivity index (χ0n) is 15.4. The number of halogens is 2. The number of nitrogens with one attached hydrogen (secondary N) is 1. The van der Waals surface area contributed by atoms with E-state index in [1.54, 1.807) is 24.3 Å². The Balaban J connectivity index is 1.83. The van der Waals surface area contributed by atoms with Crippen LogP contribution in [0, 0.1) is 18.6 Å². The highest BCUT2D eigenvalue weighted by Gasteiger charge is 2.40. The van der Waals surface area contributed by atoms with Gasteiger partial charge in [0.15, 0.2) is 0 Å². The first-order chi connectivity index (χ1) is 13.9. The van der Waals surface area contributed by atoms with Crippen LogP contribution < -0.4 is 10.2 Å². The van der Waals surface area contributed by atoms with Crippen molar-refractivity contribution in [1.29, 1.82) is 0 Å². The van der Waals surface area contributed by atoms with Crippen molar-refractivity contribution in [1.82, 2.24) is 0 Å². The topological polar surface area (TPSA) is 49.4 Å². The Morgan fingerprint density at radius 2 is 1.52 bits per heavy atom. The van der Waals surface area contributed by atoms with Gasteiger partial charge in [-0.2, -0.15) is 0 Å². The van der Waals surface area contributed by atoms with Crippen molar-refractivity contribution in [2.75, 3.05) is 10.2 Å². The molecule has 29 heavy (non-hydrogen) atoms. The minimum absolute atomic E-state index is 0.00807. The summed E-state index contributed by atoms with van der Waals surface area (Å²) >= 11 is 0. The Morgan fingerprint density at radius 1 is 0.793 bits per heavy atom. The van der Waals surface area contributed by atoms with Crippen LogP contribution in [0.4, 0.5) is 20.2 Å². The summed E-state index contributed by atoms with van der Waals surface area (Å²) in [5.41, 5.74) is 2.13. The minimum Gasteiger partial charge on any atom is -0.350 e. The molecule has 0 unspecified atom stereocenters. The van der Waals surface area contributed by atoms with Crippen molar-refractivity contribution in [3.05, 3.63) is 101 Å². The zero-order valence-corrected chi connectivity index (χ0v) is 15.4. The average molecular weight is 390 g/mol. The third-order valence-corrected chi connectivity index (χ3v) is 4.57. The first-order valence-electron chi connectivity index (χ1n) is 8.92. The molecule has 3 aromatic rings. The second kappa shape index (κ2) is 7.31. The van der Waals surface area contributed by atoms with Crippen molar-refractivity contribution >= 4 is 28.8 Å². The lowest BCUT2D eigenvalue weighted by atomic mass is 10.0. The van der Waals surface area contributed by atoms with Crippen molar-refractivity contribution in [3.8, 4) is 0 Å². The van der Waals surface area contributed by atoms with E-state index >= 15 is 0 Å².